The van der Waals surface area contributed by atoms with Crippen molar-refractivity contribution in [2.75, 3.05) is 11.9 Å². The second-order valence-electron chi connectivity index (χ2n) is 8.30. The Morgan fingerprint density at radius 3 is 2.81 bits per heavy atom. The maximum absolute atomic E-state index is 11.7. The zero-order valence-electron chi connectivity index (χ0n) is 19.3. The normalized spacial score (nSPS) is 14.2. The van der Waals surface area contributed by atoms with Gasteiger partial charge in [-0.25, -0.2) is 0 Å². The summed E-state index contributed by atoms with van der Waals surface area (Å²) in [5.74, 6) is 0.678. The molecule has 1 aliphatic carbocycles. The fourth-order valence-electron chi connectivity index (χ4n) is 4.45. The molecule has 0 aliphatic heterocycles. The molecule has 1 aromatic heterocycles. The molecule has 1 heterocycles. The molecule has 1 atom stereocenters. The van der Waals surface area contributed by atoms with Crippen molar-refractivity contribution in [3.8, 4) is 17.6 Å². The molecule has 4 aromatic rings. The Balaban J connectivity index is 1.48. The third kappa shape index (κ3) is 4.37. The first kappa shape index (κ1) is 23.4. The summed E-state index contributed by atoms with van der Waals surface area (Å²) in [5.41, 5.74) is 3.93. The number of halogens is 1. The minimum Gasteiger partial charge on any atom is -0.487 e. The fourth-order valence-corrected chi connectivity index (χ4v) is 4.68. The van der Waals surface area contributed by atoms with Crippen LogP contribution in [0.2, 0.25) is 5.02 Å². The van der Waals surface area contributed by atoms with E-state index < -0.39 is 4.92 Å². The highest BCUT2D eigenvalue weighted by molar-refractivity contribution is 6.32. The highest BCUT2D eigenvalue weighted by atomic mass is 35.5. The zero-order chi connectivity index (χ0) is 25.2. The Bertz CT molecular complexity index is 1530. The summed E-state index contributed by atoms with van der Waals surface area (Å²) < 4.78 is 11.6. The Morgan fingerprint density at radius 2 is 2.06 bits per heavy atom. The van der Waals surface area contributed by atoms with Gasteiger partial charge in [0, 0.05) is 29.4 Å². The van der Waals surface area contributed by atoms with Gasteiger partial charge in [0.05, 0.1) is 33.3 Å². The average Bonchev–Trinajstić information content (AvgIpc) is 3.28. The smallest absolute Gasteiger partial charge is 0.311 e. The number of benzene rings is 3. The molecule has 5 rings (SSSR count). The number of nitro benzene ring substituents is 1. The molecule has 0 saturated heterocycles. The van der Waals surface area contributed by atoms with Gasteiger partial charge in [-0.3, -0.25) is 15.1 Å². The lowest BCUT2D eigenvalue weighted by atomic mass is 10.1. The van der Waals surface area contributed by atoms with Gasteiger partial charge in [0.1, 0.15) is 17.9 Å². The number of hydrogen-bond acceptors (Lipinski definition) is 7. The Morgan fingerprint density at radius 1 is 1.22 bits per heavy atom. The van der Waals surface area contributed by atoms with Crippen LogP contribution < -0.4 is 14.8 Å². The molecule has 0 amide bonds. The lowest BCUT2D eigenvalue weighted by Gasteiger charge is -2.17. The molecular weight excluding hydrogens is 480 g/mol. The van der Waals surface area contributed by atoms with E-state index in [0.717, 1.165) is 12.8 Å². The minimum atomic E-state index is -0.516. The van der Waals surface area contributed by atoms with Crippen molar-refractivity contribution in [2.45, 2.75) is 25.9 Å². The van der Waals surface area contributed by atoms with Gasteiger partial charge in [0.2, 0.25) is 0 Å². The summed E-state index contributed by atoms with van der Waals surface area (Å²) in [6, 6.07) is 18.5. The Hall–Kier alpha value is -4.35. The predicted octanol–water partition coefficient (Wildman–Crippen LogP) is 6.88. The SMILES string of the molecule is CCOc1cc2ncc(C#N)c(Nc3ccc(O[C@@H]4CCc5ccccc54)c(Cl)c3)c2cc1[N+](=O)[O-]. The van der Waals surface area contributed by atoms with Gasteiger partial charge in [0.25, 0.3) is 0 Å². The van der Waals surface area contributed by atoms with E-state index in [-0.39, 0.29) is 29.7 Å². The molecule has 0 unspecified atom stereocenters. The maximum Gasteiger partial charge on any atom is 0.311 e. The number of ether oxygens (including phenoxy) is 2. The summed E-state index contributed by atoms with van der Waals surface area (Å²) in [7, 11) is 0. The Kier molecular flexibility index (Phi) is 6.32. The van der Waals surface area contributed by atoms with Crippen molar-refractivity contribution in [2.24, 2.45) is 0 Å². The predicted molar refractivity (Wildman–Crippen MR) is 137 cm³/mol. The van der Waals surface area contributed by atoms with Crippen LogP contribution >= 0.6 is 11.6 Å². The molecule has 9 heteroatoms. The standard InChI is InChI=1S/C27H21ClN4O4/c1-2-35-26-13-22-20(12-23(26)32(33)34)27(17(14-29)15-30-22)31-18-8-10-25(21(28)11-18)36-24-9-7-16-5-3-4-6-19(16)24/h3-6,8,10-13,15,24H,2,7,9H2,1H3,(H,30,31)/t24-/m1/s1. The largest absolute Gasteiger partial charge is 0.487 e. The van der Waals surface area contributed by atoms with E-state index in [0.29, 0.717) is 33.0 Å². The van der Waals surface area contributed by atoms with Gasteiger partial charge in [0.15, 0.2) is 5.75 Å². The van der Waals surface area contributed by atoms with Crippen LogP contribution in [-0.2, 0) is 6.42 Å². The first-order valence-corrected chi connectivity index (χ1v) is 11.8. The third-order valence-corrected chi connectivity index (χ3v) is 6.41. The van der Waals surface area contributed by atoms with Crippen LogP contribution in [0.4, 0.5) is 17.1 Å². The third-order valence-electron chi connectivity index (χ3n) is 6.11. The number of hydrogen-bond donors (Lipinski definition) is 1. The van der Waals surface area contributed by atoms with Gasteiger partial charge < -0.3 is 14.8 Å². The van der Waals surface area contributed by atoms with E-state index in [9.17, 15) is 15.4 Å². The number of anilines is 2. The molecule has 0 radical (unpaired) electrons. The van der Waals surface area contributed by atoms with Crippen molar-refractivity contribution < 1.29 is 14.4 Å². The first-order chi connectivity index (χ1) is 17.5. The van der Waals surface area contributed by atoms with Crippen LogP contribution in [0.3, 0.4) is 0 Å². The first-order valence-electron chi connectivity index (χ1n) is 11.4. The number of pyridine rings is 1. The monoisotopic (exact) mass is 500 g/mol. The van der Waals surface area contributed by atoms with Gasteiger partial charge in [-0.15, -0.1) is 0 Å². The summed E-state index contributed by atoms with van der Waals surface area (Å²) in [6.45, 7) is 2.02. The summed E-state index contributed by atoms with van der Waals surface area (Å²) in [5, 5.41) is 25.4. The second kappa shape index (κ2) is 9.72. The molecule has 0 fully saturated rings. The minimum absolute atomic E-state index is 0.0630. The topological polar surface area (TPSA) is 110 Å². The molecule has 0 bridgehead atoms. The van der Waals surface area contributed by atoms with Gasteiger partial charge in [-0.2, -0.15) is 5.26 Å². The highest BCUT2D eigenvalue weighted by Crippen LogP contribution is 2.40. The molecule has 36 heavy (non-hydrogen) atoms. The maximum atomic E-state index is 11.7. The molecule has 0 spiro atoms. The van der Waals surface area contributed by atoms with Crippen molar-refractivity contribution in [3.63, 3.8) is 0 Å². The molecule has 8 nitrogen and oxygen atoms in total. The average molecular weight is 501 g/mol. The number of aryl methyl sites for hydroxylation is 1. The molecule has 1 aliphatic rings. The van der Waals surface area contributed by atoms with E-state index in [1.807, 2.05) is 12.1 Å². The van der Waals surface area contributed by atoms with Gasteiger partial charge >= 0.3 is 5.69 Å². The van der Waals surface area contributed by atoms with Gasteiger partial charge in [-0.05, 0) is 49.1 Å². The van der Waals surface area contributed by atoms with Crippen LogP contribution in [-0.4, -0.2) is 16.5 Å². The summed E-state index contributed by atoms with van der Waals surface area (Å²) in [4.78, 5) is 15.4. The van der Waals surface area contributed by atoms with Crippen molar-refractivity contribution in [1.29, 1.82) is 5.26 Å². The highest BCUT2D eigenvalue weighted by Gasteiger charge is 2.24. The number of nitro groups is 1. The van der Waals surface area contributed by atoms with Crippen molar-refractivity contribution in [3.05, 3.63) is 92.6 Å². The van der Waals surface area contributed by atoms with Gasteiger partial charge in [-0.1, -0.05) is 35.9 Å². The zero-order valence-corrected chi connectivity index (χ0v) is 20.1. The van der Waals surface area contributed by atoms with Crippen LogP contribution in [0, 0.1) is 21.4 Å². The van der Waals surface area contributed by atoms with Crippen LogP contribution in [0.5, 0.6) is 11.5 Å². The number of fused-ring (bicyclic) bond motifs is 2. The van der Waals surface area contributed by atoms with E-state index in [2.05, 4.69) is 28.5 Å². The van der Waals surface area contributed by atoms with E-state index in [4.69, 9.17) is 21.1 Å². The summed E-state index contributed by atoms with van der Waals surface area (Å²) >= 11 is 6.57. The molecular formula is C27H21ClN4O4. The van der Waals surface area contributed by atoms with Crippen molar-refractivity contribution in [1.82, 2.24) is 4.98 Å². The number of nitrogens with zero attached hydrogens (tertiary/aromatic N) is 3. The van der Waals surface area contributed by atoms with Crippen molar-refractivity contribution >= 4 is 39.6 Å². The Labute approximate surface area is 212 Å². The number of nitrogens with one attached hydrogen (secondary N) is 1. The number of rotatable bonds is 7. The molecule has 1 N–H and O–H groups in total. The lowest BCUT2D eigenvalue weighted by Crippen LogP contribution is -2.04. The molecule has 0 saturated carbocycles. The van der Waals surface area contributed by atoms with E-state index in [1.165, 1.54) is 29.5 Å². The molecule has 3 aromatic carbocycles. The summed E-state index contributed by atoms with van der Waals surface area (Å²) in [6.07, 6.45) is 3.20. The number of nitriles is 1. The van der Waals surface area contributed by atoms with E-state index >= 15 is 0 Å². The lowest BCUT2D eigenvalue weighted by molar-refractivity contribution is -0.385. The second-order valence-corrected chi connectivity index (χ2v) is 8.71. The van der Waals surface area contributed by atoms with Crippen LogP contribution in [0.15, 0.2) is 60.8 Å². The van der Waals surface area contributed by atoms with E-state index in [1.54, 1.807) is 25.1 Å². The van der Waals surface area contributed by atoms with Crippen LogP contribution in [0.25, 0.3) is 10.9 Å². The van der Waals surface area contributed by atoms with Crippen LogP contribution in [0.1, 0.15) is 36.1 Å². The quantitative estimate of drug-likeness (QED) is 0.217. The number of aromatic nitrogens is 1. The fraction of sp³-hybridized carbons (Fsp3) is 0.185. The molecule has 180 valence electrons.